The first-order valence-electron chi connectivity index (χ1n) is 10.5. The smallest absolute Gasteiger partial charge is 0.419 e. The molecule has 7 nitrogen and oxygen atoms in total. The monoisotopic (exact) mass is 456 g/mol. The highest BCUT2D eigenvalue weighted by Crippen LogP contribution is 2.38. The van der Waals surface area contributed by atoms with Gasteiger partial charge >= 0.3 is 6.18 Å². The number of ether oxygens (including phenoxy) is 3. The number of allylic oxidation sites excluding steroid dienone is 1. The first-order chi connectivity index (χ1) is 15.2. The SMILES string of the molecule is C/C=C(\N=C(OC)C1CCCN1C(=N)N)c1ccc(OCCCCOC)c(C(F)(F)F)c1. The van der Waals surface area contributed by atoms with Gasteiger partial charge in [0.05, 0.1) is 25.0 Å². The Kier molecular flexibility index (Phi) is 9.37. The van der Waals surface area contributed by atoms with Crippen molar-refractivity contribution in [1.29, 1.82) is 5.41 Å². The number of alkyl halides is 3. The molecule has 0 spiro atoms. The van der Waals surface area contributed by atoms with E-state index < -0.39 is 11.7 Å². The topological polar surface area (TPSA) is 93.2 Å². The number of nitrogens with one attached hydrogen (secondary N) is 1. The summed E-state index contributed by atoms with van der Waals surface area (Å²) in [6.07, 6.45) is -0.179. The molecule has 0 amide bonds. The van der Waals surface area contributed by atoms with Crippen molar-refractivity contribution < 1.29 is 27.4 Å². The van der Waals surface area contributed by atoms with E-state index in [2.05, 4.69) is 4.99 Å². The fourth-order valence-corrected chi connectivity index (χ4v) is 3.55. The minimum Gasteiger partial charge on any atom is -0.493 e. The van der Waals surface area contributed by atoms with Gasteiger partial charge in [-0.15, -0.1) is 0 Å². The number of rotatable bonds is 9. The Bertz CT molecular complexity index is 840. The summed E-state index contributed by atoms with van der Waals surface area (Å²) in [5.74, 6) is -0.00734. The van der Waals surface area contributed by atoms with Gasteiger partial charge < -0.3 is 24.8 Å². The van der Waals surface area contributed by atoms with Crippen molar-refractivity contribution in [2.24, 2.45) is 10.7 Å². The number of halogens is 3. The van der Waals surface area contributed by atoms with Gasteiger partial charge in [0.15, 0.2) is 5.96 Å². The van der Waals surface area contributed by atoms with Gasteiger partial charge in [-0.05, 0) is 50.8 Å². The third kappa shape index (κ3) is 6.62. The number of unbranched alkanes of at least 4 members (excludes halogenated alkanes) is 1. The van der Waals surface area contributed by atoms with Crippen LogP contribution in [-0.2, 0) is 15.7 Å². The fourth-order valence-electron chi connectivity index (χ4n) is 3.55. The van der Waals surface area contributed by atoms with E-state index in [-0.39, 0.29) is 29.9 Å². The van der Waals surface area contributed by atoms with Crippen molar-refractivity contribution in [2.75, 3.05) is 34.0 Å². The van der Waals surface area contributed by atoms with Gasteiger partial charge in [0.25, 0.3) is 0 Å². The Morgan fingerprint density at radius 3 is 2.59 bits per heavy atom. The lowest BCUT2D eigenvalue weighted by atomic mass is 10.1. The standard InChI is InChI=1S/C22H31F3N4O3/c1-4-17(28-20(31-3)18-8-7-11-29(18)21(26)27)15-9-10-19(16(14-15)22(23,24)25)32-13-6-5-12-30-2/h4,9-10,14,18H,5-8,11-13H2,1-3H3,(H3,26,27)/b17-4-,28-20?. The van der Waals surface area contributed by atoms with Crippen molar-refractivity contribution >= 4 is 17.6 Å². The van der Waals surface area contributed by atoms with E-state index in [0.29, 0.717) is 44.0 Å². The number of aliphatic imine (C=N–C) groups is 1. The van der Waals surface area contributed by atoms with Gasteiger partial charge in [-0.2, -0.15) is 13.2 Å². The molecule has 3 N–H and O–H groups in total. The van der Waals surface area contributed by atoms with Gasteiger partial charge in [0, 0.05) is 25.8 Å². The van der Waals surface area contributed by atoms with E-state index in [0.717, 1.165) is 12.5 Å². The molecule has 1 unspecified atom stereocenters. The van der Waals surface area contributed by atoms with E-state index in [1.165, 1.54) is 13.2 Å². The highest BCUT2D eigenvalue weighted by atomic mass is 19.4. The molecule has 1 aromatic rings. The van der Waals surface area contributed by atoms with Crippen LogP contribution in [0.25, 0.3) is 5.70 Å². The maximum Gasteiger partial charge on any atom is 0.419 e. The molecule has 1 aliphatic heterocycles. The third-order valence-electron chi connectivity index (χ3n) is 5.14. The number of hydrogen-bond donors (Lipinski definition) is 2. The summed E-state index contributed by atoms with van der Waals surface area (Å²) in [4.78, 5) is 6.15. The molecule has 10 heteroatoms. The maximum atomic E-state index is 13.7. The molecule has 1 heterocycles. The van der Waals surface area contributed by atoms with E-state index in [1.54, 1.807) is 31.1 Å². The molecule has 0 aliphatic carbocycles. The average Bonchev–Trinajstić information content (AvgIpc) is 3.24. The minimum atomic E-state index is -4.58. The van der Waals surface area contributed by atoms with Crippen LogP contribution in [-0.4, -0.2) is 56.8 Å². The molecule has 1 saturated heterocycles. The summed E-state index contributed by atoms with van der Waals surface area (Å²) in [6, 6.07) is 3.57. The number of nitrogens with two attached hydrogens (primary N) is 1. The van der Waals surface area contributed by atoms with Crippen LogP contribution in [0.2, 0.25) is 0 Å². The van der Waals surface area contributed by atoms with Crippen molar-refractivity contribution in [2.45, 2.75) is 44.8 Å². The molecular formula is C22H31F3N4O3. The average molecular weight is 457 g/mol. The zero-order valence-corrected chi connectivity index (χ0v) is 18.7. The molecule has 1 aromatic carbocycles. The van der Waals surface area contributed by atoms with Crippen LogP contribution < -0.4 is 10.5 Å². The van der Waals surface area contributed by atoms with Gasteiger partial charge in [0.1, 0.15) is 11.8 Å². The van der Waals surface area contributed by atoms with Crippen LogP contribution in [0.3, 0.4) is 0 Å². The minimum absolute atomic E-state index is 0.0920. The lowest BCUT2D eigenvalue weighted by molar-refractivity contribution is -0.139. The van der Waals surface area contributed by atoms with Crippen molar-refractivity contribution in [3.8, 4) is 5.75 Å². The van der Waals surface area contributed by atoms with Gasteiger partial charge in [-0.3, -0.25) is 5.41 Å². The predicted molar refractivity (Wildman–Crippen MR) is 118 cm³/mol. The highest BCUT2D eigenvalue weighted by molar-refractivity contribution is 5.91. The molecule has 1 atom stereocenters. The molecule has 0 bridgehead atoms. The Labute approximate surface area is 186 Å². The van der Waals surface area contributed by atoms with Crippen LogP contribution in [0, 0.1) is 5.41 Å². The summed E-state index contributed by atoms with van der Waals surface area (Å²) in [5, 5.41) is 7.73. The van der Waals surface area contributed by atoms with Crippen LogP contribution in [0.4, 0.5) is 13.2 Å². The molecule has 0 radical (unpaired) electrons. The lowest BCUT2D eigenvalue weighted by Gasteiger charge is -2.25. The van der Waals surface area contributed by atoms with Gasteiger partial charge in [-0.25, -0.2) is 4.99 Å². The predicted octanol–water partition coefficient (Wildman–Crippen LogP) is 4.27. The second-order valence-electron chi connectivity index (χ2n) is 7.32. The van der Waals surface area contributed by atoms with Gasteiger partial charge in [-0.1, -0.05) is 6.08 Å². The number of likely N-dealkylation sites (tertiary alicyclic amines) is 1. The summed E-state index contributed by atoms with van der Waals surface area (Å²) in [6.45, 7) is 2.98. The van der Waals surface area contributed by atoms with E-state index in [1.807, 2.05) is 0 Å². The number of guanidine groups is 1. The Balaban J connectivity index is 2.31. The quantitative estimate of drug-likeness (QED) is 0.329. The normalized spacial score (nSPS) is 17.6. The van der Waals surface area contributed by atoms with Crippen molar-refractivity contribution in [3.63, 3.8) is 0 Å². The van der Waals surface area contributed by atoms with Crippen molar-refractivity contribution in [1.82, 2.24) is 4.90 Å². The van der Waals surface area contributed by atoms with Crippen LogP contribution in [0.15, 0.2) is 29.3 Å². The molecule has 0 saturated carbocycles. The molecule has 0 aromatic heterocycles. The number of nitrogens with zero attached hydrogens (tertiary/aromatic N) is 2. The number of hydrogen-bond acceptors (Lipinski definition) is 5. The van der Waals surface area contributed by atoms with Crippen molar-refractivity contribution in [3.05, 3.63) is 35.4 Å². The number of methoxy groups -OCH3 is 2. The van der Waals surface area contributed by atoms with E-state index in [4.69, 9.17) is 25.4 Å². The first-order valence-corrected chi connectivity index (χ1v) is 10.5. The Morgan fingerprint density at radius 1 is 1.28 bits per heavy atom. The van der Waals surface area contributed by atoms with Crippen LogP contribution >= 0.6 is 0 Å². The van der Waals surface area contributed by atoms with Crippen LogP contribution in [0.1, 0.15) is 43.7 Å². The Morgan fingerprint density at radius 2 is 2.00 bits per heavy atom. The molecule has 1 aliphatic rings. The fraction of sp³-hybridized carbons (Fsp3) is 0.545. The molecular weight excluding hydrogens is 425 g/mol. The zero-order valence-electron chi connectivity index (χ0n) is 18.7. The summed E-state index contributed by atoms with van der Waals surface area (Å²) in [5.41, 5.74) is 5.40. The second kappa shape index (κ2) is 11.8. The maximum absolute atomic E-state index is 13.7. The first kappa shape index (κ1) is 25.5. The molecule has 1 fully saturated rings. The highest BCUT2D eigenvalue weighted by Gasteiger charge is 2.35. The van der Waals surface area contributed by atoms with E-state index in [9.17, 15) is 13.2 Å². The number of benzene rings is 1. The summed E-state index contributed by atoms with van der Waals surface area (Å²) >= 11 is 0. The van der Waals surface area contributed by atoms with Crippen LogP contribution in [0.5, 0.6) is 5.75 Å². The van der Waals surface area contributed by atoms with Gasteiger partial charge in [0.2, 0.25) is 5.90 Å². The summed E-state index contributed by atoms with van der Waals surface area (Å²) < 4.78 is 56.9. The van der Waals surface area contributed by atoms with E-state index >= 15 is 0 Å². The second-order valence-corrected chi connectivity index (χ2v) is 7.32. The zero-order chi connectivity index (χ0) is 23.7. The lowest BCUT2D eigenvalue weighted by Crippen LogP contribution is -2.44. The molecule has 2 rings (SSSR count). The third-order valence-corrected chi connectivity index (χ3v) is 5.14. The summed E-state index contributed by atoms with van der Waals surface area (Å²) in [7, 11) is 3.02. The Hall–Kier alpha value is -2.75. The molecule has 32 heavy (non-hydrogen) atoms. The molecule has 178 valence electrons. The largest absolute Gasteiger partial charge is 0.493 e.